The van der Waals surface area contributed by atoms with E-state index < -0.39 is 0 Å². The molecule has 0 radical (unpaired) electrons. The van der Waals surface area contributed by atoms with Gasteiger partial charge in [0, 0.05) is 18.5 Å². The predicted molar refractivity (Wildman–Crippen MR) is 80.6 cm³/mol. The quantitative estimate of drug-likeness (QED) is 0.829. The first-order valence-corrected chi connectivity index (χ1v) is 8.32. The van der Waals surface area contributed by atoms with Crippen molar-refractivity contribution in [3.8, 4) is 0 Å². The van der Waals surface area contributed by atoms with Crippen molar-refractivity contribution in [3.05, 3.63) is 15.6 Å². The van der Waals surface area contributed by atoms with Crippen molar-refractivity contribution in [2.45, 2.75) is 64.5 Å². The highest BCUT2D eigenvalue weighted by atomic mass is 32.1. The summed E-state index contributed by atoms with van der Waals surface area (Å²) >= 11 is 1.86. The highest BCUT2D eigenvalue weighted by Crippen LogP contribution is 2.43. The molecule has 3 nitrogen and oxygen atoms in total. The van der Waals surface area contributed by atoms with Gasteiger partial charge in [-0.15, -0.1) is 11.3 Å². The molecule has 1 N–H and O–H groups in total. The summed E-state index contributed by atoms with van der Waals surface area (Å²) in [6, 6.07) is 0. The van der Waals surface area contributed by atoms with Gasteiger partial charge in [-0.2, -0.15) is 0 Å². The van der Waals surface area contributed by atoms with Crippen LogP contribution in [0, 0.1) is 0 Å². The lowest BCUT2D eigenvalue weighted by Gasteiger charge is -2.24. The third-order valence-corrected chi connectivity index (χ3v) is 5.28. The minimum Gasteiger partial charge on any atom is -0.371 e. The Morgan fingerprint density at radius 3 is 2.63 bits per heavy atom. The maximum Gasteiger partial charge on any atom is 0.125 e. The highest BCUT2D eigenvalue weighted by Gasteiger charge is 2.39. The monoisotopic (exact) mass is 282 g/mol. The molecule has 0 aliphatic heterocycles. The van der Waals surface area contributed by atoms with Crippen molar-refractivity contribution < 1.29 is 4.74 Å². The van der Waals surface area contributed by atoms with E-state index in [2.05, 4.69) is 19.2 Å². The lowest BCUT2D eigenvalue weighted by atomic mass is 10.0. The van der Waals surface area contributed by atoms with Crippen LogP contribution in [-0.2, 0) is 23.3 Å². The molecule has 1 aromatic rings. The molecule has 1 saturated carbocycles. The first-order chi connectivity index (χ1) is 9.25. The number of nitrogens with one attached hydrogen (secondary N) is 1. The van der Waals surface area contributed by atoms with Gasteiger partial charge in [0.2, 0.25) is 0 Å². The molecule has 1 aliphatic rings. The van der Waals surface area contributed by atoms with Gasteiger partial charge < -0.3 is 10.1 Å². The van der Waals surface area contributed by atoms with Gasteiger partial charge in [-0.05, 0) is 25.8 Å². The smallest absolute Gasteiger partial charge is 0.125 e. The van der Waals surface area contributed by atoms with E-state index in [1.807, 2.05) is 18.4 Å². The van der Waals surface area contributed by atoms with Crippen LogP contribution in [0.4, 0.5) is 0 Å². The van der Waals surface area contributed by atoms with Gasteiger partial charge in [0.15, 0.2) is 0 Å². The van der Waals surface area contributed by atoms with E-state index in [4.69, 9.17) is 9.72 Å². The second-order valence-corrected chi connectivity index (χ2v) is 6.41. The number of nitrogens with zero attached hydrogens (tertiary/aromatic N) is 1. The molecule has 4 heteroatoms. The summed E-state index contributed by atoms with van der Waals surface area (Å²) in [5.41, 5.74) is 1.20. The van der Waals surface area contributed by atoms with E-state index in [-0.39, 0.29) is 5.60 Å². The largest absolute Gasteiger partial charge is 0.371 e. The van der Waals surface area contributed by atoms with Crippen LogP contribution in [0.1, 0.15) is 61.5 Å². The molecule has 19 heavy (non-hydrogen) atoms. The lowest BCUT2D eigenvalue weighted by Crippen LogP contribution is -2.24. The summed E-state index contributed by atoms with van der Waals surface area (Å²) in [6.45, 7) is 6.32. The van der Waals surface area contributed by atoms with Gasteiger partial charge >= 0.3 is 0 Å². The van der Waals surface area contributed by atoms with Crippen LogP contribution in [0.3, 0.4) is 0 Å². The van der Waals surface area contributed by atoms with Gasteiger partial charge in [0.25, 0.3) is 0 Å². The number of hydrogen-bond acceptors (Lipinski definition) is 4. The Balaban J connectivity index is 2.25. The Labute approximate surface area is 120 Å². The van der Waals surface area contributed by atoms with Gasteiger partial charge in [0.05, 0.1) is 5.69 Å². The normalized spacial score (nSPS) is 18.1. The molecule has 0 amide bonds. The summed E-state index contributed by atoms with van der Waals surface area (Å²) in [5.74, 6) is 0. The Kier molecular flexibility index (Phi) is 5.37. The molecular formula is C15H26N2OS. The van der Waals surface area contributed by atoms with Gasteiger partial charge in [-0.3, -0.25) is 0 Å². The highest BCUT2D eigenvalue weighted by molar-refractivity contribution is 7.11. The molecule has 0 spiro atoms. The van der Waals surface area contributed by atoms with Crippen LogP contribution in [0.25, 0.3) is 0 Å². The van der Waals surface area contributed by atoms with Crippen molar-refractivity contribution in [3.63, 3.8) is 0 Å². The van der Waals surface area contributed by atoms with E-state index in [1.54, 1.807) is 0 Å². The molecule has 1 heterocycles. The van der Waals surface area contributed by atoms with Crippen LogP contribution in [0.5, 0.6) is 0 Å². The number of ether oxygens (including phenoxy) is 1. The molecule has 2 rings (SSSR count). The maximum atomic E-state index is 5.86. The lowest BCUT2D eigenvalue weighted by molar-refractivity contribution is -0.00896. The number of hydrogen-bond donors (Lipinski definition) is 1. The third-order valence-electron chi connectivity index (χ3n) is 3.99. The second-order valence-electron chi connectivity index (χ2n) is 5.32. The van der Waals surface area contributed by atoms with Gasteiger partial charge in [-0.1, -0.05) is 33.1 Å². The van der Waals surface area contributed by atoms with Gasteiger partial charge in [0.1, 0.15) is 10.6 Å². The first kappa shape index (κ1) is 14.9. The summed E-state index contributed by atoms with van der Waals surface area (Å²) in [7, 11) is 1.84. The predicted octanol–water partition coefficient (Wildman–Crippen LogP) is 3.62. The molecule has 0 aromatic carbocycles. The third kappa shape index (κ3) is 3.18. The fourth-order valence-corrected chi connectivity index (χ4v) is 4.14. The average molecular weight is 282 g/mol. The summed E-state index contributed by atoms with van der Waals surface area (Å²) in [4.78, 5) is 6.34. The van der Waals surface area contributed by atoms with Crippen LogP contribution in [0.15, 0.2) is 0 Å². The standard InChI is InChI=1S/C15H26N2OS/c1-4-8-12-13(11-16-5-2)19-14(17-12)15(18-3)9-6-7-10-15/h16H,4-11H2,1-3H3. The molecule has 1 fully saturated rings. The number of aromatic nitrogens is 1. The Morgan fingerprint density at radius 1 is 1.32 bits per heavy atom. The van der Waals surface area contributed by atoms with Crippen LogP contribution in [-0.4, -0.2) is 18.6 Å². The molecule has 0 atom stereocenters. The number of rotatable bonds is 7. The SMILES string of the molecule is CCCc1nc(C2(OC)CCCC2)sc1CNCC. The van der Waals surface area contributed by atoms with Crippen molar-refractivity contribution in [1.29, 1.82) is 0 Å². The number of thiazole rings is 1. The second kappa shape index (κ2) is 6.82. The van der Waals surface area contributed by atoms with Crippen molar-refractivity contribution in [1.82, 2.24) is 10.3 Å². The van der Waals surface area contributed by atoms with E-state index in [9.17, 15) is 0 Å². The van der Waals surface area contributed by atoms with Crippen molar-refractivity contribution in [2.75, 3.05) is 13.7 Å². The fraction of sp³-hybridized carbons (Fsp3) is 0.800. The van der Waals surface area contributed by atoms with Crippen molar-refractivity contribution >= 4 is 11.3 Å². The first-order valence-electron chi connectivity index (χ1n) is 7.50. The Bertz CT molecular complexity index is 397. The zero-order chi connectivity index (χ0) is 13.7. The molecule has 1 aliphatic carbocycles. The molecular weight excluding hydrogens is 256 g/mol. The maximum absolute atomic E-state index is 5.86. The minimum absolute atomic E-state index is 0.0857. The van der Waals surface area contributed by atoms with Gasteiger partial charge in [-0.25, -0.2) is 4.98 Å². The summed E-state index contributed by atoms with van der Waals surface area (Å²) < 4.78 is 5.86. The average Bonchev–Trinajstić information content (AvgIpc) is 3.04. The van der Waals surface area contributed by atoms with Crippen molar-refractivity contribution in [2.24, 2.45) is 0 Å². The van der Waals surface area contributed by atoms with E-state index in [1.165, 1.54) is 28.4 Å². The minimum atomic E-state index is -0.0857. The molecule has 0 unspecified atom stereocenters. The van der Waals surface area contributed by atoms with E-state index in [0.29, 0.717) is 0 Å². The summed E-state index contributed by atoms with van der Waals surface area (Å²) in [5, 5.41) is 4.64. The van der Waals surface area contributed by atoms with E-state index in [0.717, 1.165) is 38.8 Å². The zero-order valence-corrected chi connectivity index (χ0v) is 13.2. The molecule has 0 bridgehead atoms. The molecule has 0 saturated heterocycles. The Hall–Kier alpha value is -0.450. The zero-order valence-electron chi connectivity index (χ0n) is 12.4. The molecule has 108 valence electrons. The topological polar surface area (TPSA) is 34.1 Å². The van der Waals surface area contributed by atoms with Crippen LogP contribution in [0.2, 0.25) is 0 Å². The number of aryl methyl sites for hydroxylation is 1. The Morgan fingerprint density at radius 2 is 2.05 bits per heavy atom. The number of methoxy groups -OCH3 is 1. The van der Waals surface area contributed by atoms with Crippen LogP contribution < -0.4 is 5.32 Å². The van der Waals surface area contributed by atoms with E-state index >= 15 is 0 Å². The van der Waals surface area contributed by atoms with Crippen LogP contribution >= 0.6 is 11.3 Å². The molecule has 1 aromatic heterocycles. The summed E-state index contributed by atoms with van der Waals surface area (Å²) in [6.07, 6.45) is 7.02. The fourth-order valence-electron chi connectivity index (χ4n) is 2.84.